The SMILES string of the molecule is C=C(C)OCC[O]. The van der Waals surface area contributed by atoms with Crippen molar-refractivity contribution < 1.29 is 9.84 Å². The zero-order valence-corrected chi connectivity index (χ0v) is 4.44. The highest BCUT2D eigenvalue weighted by atomic mass is 16.5. The molecule has 0 bridgehead atoms. The highest BCUT2D eigenvalue weighted by Gasteiger charge is 1.80. The molecule has 0 N–H and O–H groups in total. The number of allylic oxidation sites excluding steroid dienone is 1. The summed E-state index contributed by atoms with van der Waals surface area (Å²) >= 11 is 0. The fraction of sp³-hybridized carbons (Fsp3) is 0.600. The first-order chi connectivity index (χ1) is 3.27. The van der Waals surface area contributed by atoms with E-state index in [2.05, 4.69) is 11.3 Å². The average molecular weight is 101 g/mol. The first kappa shape index (κ1) is 6.50. The van der Waals surface area contributed by atoms with E-state index in [-0.39, 0.29) is 13.2 Å². The Hall–Kier alpha value is -0.500. The van der Waals surface area contributed by atoms with Crippen LogP contribution in [0, 0.1) is 0 Å². The molecule has 0 amide bonds. The first-order valence-corrected chi connectivity index (χ1v) is 2.14. The number of hydrogen-bond acceptors (Lipinski definition) is 1. The highest BCUT2D eigenvalue weighted by Crippen LogP contribution is 1.86. The number of ether oxygens (including phenoxy) is 1. The predicted octanol–water partition coefficient (Wildman–Crippen LogP) is 0.967. The van der Waals surface area contributed by atoms with Crippen LogP contribution in [-0.2, 0) is 9.84 Å². The normalized spacial score (nSPS) is 8.29. The van der Waals surface area contributed by atoms with Crippen LogP contribution in [0.1, 0.15) is 6.92 Å². The molecule has 0 unspecified atom stereocenters. The van der Waals surface area contributed by atoms with Gasteiger partial charge in [-0.2, -0.15) is 0 Å². The first-order valence-electron chi connectivity index (χ1n) is 2.14. The largest absolute Gasteiger partial charge is 0.496 e. The van der Waals surface area contributed by atoms with Crippen LogP contribution >= 0.6 is 0 Å². The van der Waals surface area contributed by atoms with Crippen molar-refractivity contribution in [3.63, 3.8) is 0 Å². The van der Waals surface area contributed by atoms with Crippen molar-refractivity contribution in [3.8, 4) is 0 Å². The summed E-state index contributed by atoms with van der Waals surface area (Å²) in [4.78, 5) is 0. The zero-order valence-electron chi connectivity index (χ0n) is 4.44. The third kappa shape index (κ3) is 5.50. The van der Waals surface area contributed by atoms with E-state index >= 15 is 0 Å². The Bertz CT molecular complexity index is 59.1. The van der Waals surface area contributed by atoms with Crippen LogP contribution in [-0.4, -0.2) is 13.2 Å². The molecule has 2 nitrogen and oxygen atoms in total. The molecule has 0 saturated heterocycles. The van der Waals surface area contributed by atoms with Gasteiger partial charge in [-0.1, -0.05) is 6.58 Å². The molecule has 0 heterocycles. The molecule has 0 spiro atoms. The van der Waals surface area contributed by atoms with Gasteiger partial charge in [-0.05, 0) is 6.92 Å². The molecule has 41 valence electrons. The maximum Gasteiger partial charge on any atom is 0.116 e. The molecule has 0 aromatic heterocycles. The maximum absolute atomic E-state index is 9.67. The minimum Gasteiger partial charge on any atom is -0.496 e. The minimum atomic E-state index is -0.188. The Balaban J connectivity index is 2.82. The molecule has 0 aliphatic heterocycles. The van der Waals surface area contributed by atoms with Crippen LogP contribution in [0.4, 0.5) is 0 Å². The molecule has 0 aliphatic rings. The van der Waals surface area contributed by atoms with Gasteiger partial charge in [0, 0.05) is 0 Å². The Morgan fingerprint density at radius 1 is 1.86 bits per heavy atom. The molecule has 0 saturated carbocycles. The molecule has 0 aliphatic carbocycles. The average Bonchev–Trinajstić information content (AvgIpc) is 1.61. The summed E-state index contributed by atoms with van der Waals surface area (Å²) in [5.41, 5.74) is 0. The number of rotatable bonds is 3. The van der Waals surface area contributed by atoms with Crippen LogP contribution in [0.2, 0.25) is 0 Å². The van der Waals surface area contributed by atoms with Gasteiger partial charge in [0.1, 0.15) is 13.2 Å². The minimum absolute atomic E-state index is 0.188. The van der Waals surface area contributed by atoms with Gasteiger partial charge in [0.25, 0.3) is 0 Å². The van der Waals surface area contributed by atoms with Gasteiger partial charge in [-0.25, -0.2) is 5.11 Å². The molecule has 2 heteroatoms. The molecule has 7 heavy (non-hydrogen) atoms. The smallest absolute Gasteiger partial charge is 0.116 e. The van der Waals surface area contributed by atoms with E-state index in [1.165, 1.54) is 0 Å². The van der Waals surface area contributed by atoms with Gasteiger partial charge < -0.3 is 4.74 Å². The van der Waals surface area contributed by atoms with Crippen molar-refractivity contribution in [3.05, 3.63) is 12.3 Å². The van der Waals surface area contributed by atoms with E-state index in [1.807, 2.05) is 0 Å². The summed E-state index contributed by atoms with van der Waals surface area (Å²) in [6, 6.07) is 0. The van der Waals surface area contributed by atoms with Gasteiger partial charge in [-0.3, -0.25) is 0 Å². The molecule has 0 atom stereocenters. The second-order valence-electron chi connectivity index (χ2n) is 1.25. The summed E-state index contributed by atoms with van der Waals surface area (Å²) in [6.45, 7) is 5.21. The zero-order chi connectivity index (χ0) is 5.70. The van der Waals surface area contributed by atoms with Crippen LogP contribution in [0.3, 0.4) is 0 Å². The molecular weight excluding hydrogens is 92.1 g/mol. The van der Waals surface area contributed by atoms with E-state index in [1.54, 1.807) is 6.92 Å². The molecule has 1 radical (unpaired) electrons. The second-order valence-corrected chi connectivity index (χ2v) is 1.25. The second kappa shape index (κ2) is 3.68. The summed E-state index contributed by atoms with van der Waals surface area (Å²) in [7, 11) is 0. The van der Waals surface area contributed by atoms with Crippen molar-refractivity contribution in [1.82, 2.24) is 0 Å². The quantitative estimate of drug-likeness (QED) is 0.487. The topological polar surface area (TPSA) is 29.1 Å². The summed E-state index contributed by atoms with van der Waals surface area (Å²) in [5, 5.41) is 9.67. The van der Waals surface area contributed by atoms with Crippen molar-refractivity contribution in [2.24, 2.45) is 0 Å². The summed E-state index contributed by atoms with van der Waals surface area (Å²) in [5.74, 6) is 0.607. The van der Waals surface area contributed by atoms with Crippen molar-refractivity contribution in [1.29, 1.82) is 0 Å². The highest BCUT2D eigenvalue weighted by molar-refractivity contribution is 4.72. The Morgan fingerprint density at radius 2 is 2.43 bits per heavy atom. The van der Waals surface area contributed by atoms with Crippen LogP contribution in [0.25, 0.3) is 0 Å². The van der Waals surface area contributed by atoms with Gasteiger partial charge in [-0.15, -0.1) is 0 Å². The van der Waals surface area contributed by atoms with Gasteiger partial charge in [0.15, 0.2) is 0 Å². The monoisotopic (exact) mass is 101 g/mol. The lowest BCUT2D eigenvalue weighted by molar-refractivity contribution is 0.103. The Morgan fingerprint density at radius 3 is 2.57 bits per heavy atom. The van der Waals surface area contributed by atoms with Gasteiger partial charge >= 0.3 is 0 Å². The lowest BCUT2D eigenvalue weighted by Gasteiger charge is -1.97. The third-order valence-corrected chi connectivity index (χ3v) is 0.432. The van der Waals surface area contributed by atoms with Crippen LogP contribution < -0.4 is 0 Å². The Labute approximate surface area is 43.4 Å². The van der Waals surface area contributed by atoms with Gasteiger partial charge in [0.2, 0.25) is 0 Å². The van der Waals surface area contributed by atoms with Crippen molar-refractivity contribution in [2.75, 3.05) is 13.2 Å². The lowest BCUT2D eigenvalue weighted by atomic mass is 10.6. The van der Waals surface area contributed by atoms with E-state index in [9.17, 15) is 5.11 Å². The van der Waals surface area contributed by atoms with Crippen molar-refractivity contribution in [2.45, 2.75) is 6.92 Å². The summed E-state index contributed by atoms with van der Waals surface area (Å²) in [6.07, 6.45) is 0. The van der Waals surface area contributed by atoms with E-state index in [4.69, 9.17) is 0 Å². The lowest BCUT2D eigenvalue weighted by Crippen LogP contribution is -1.93. The fourth-order valence-corrected chi connectivity index (χ4v) is 0.216. The van der Waals surface area contributed by atoms with Crippen LogP contribution in [0.15, 0.2) is 12.3 Å². The van der Waals surface area contributed by atoms with Gasteiger partial charge in [0.05, 0.1) is 5.76 Å². The Kier molecular flexibility index (Phi) is 3.42. The molecule has 0 aromatic carbocycles. The summed E-state index contributed by atoms with van der Waals surface area (Å²) < 4.78 is 4.68. The molecule has 0 fully saturated rings. The number of hydrogen-bond donors (Lipinski definition) is 0. The molecular formula is C5H9O2. The third-order valence-electron chi connectivity index (χ3n) is 0.432. The van der Waals surface area contributed by atoms with Crippen molar-refractivity contribution >= 4 is 0 Å². The van der Waals surface area contributed by atoms with E-state index < -0.39 is 0 Å². The maximum atomic E-state index is 9.67. The molecule has 0 rings (SSSR count). The standard InChI is InChI=1S/C5H9O2/c1-5(2)7-4-3-6/h1,3-4H2,2H3. The van der Waals surface area contributed by atoms with E-state index in [0.29, 0.717) is 5.76 Å². The molecule has 0 aromatic rings. The van der Waals surface area contributed by atoms with Crippen LogP contribution in [0.5, 0.6) is 0 Å². The van der Waals surface area contributed by atoms with E-state index in [0.717, 1.165) is 0 Å². The fourth-order valence-electron chi connectivity index (χ4n) is 0.216. The predicted molar refractivity (Wildman–Crippen MR) is 26.3 cm³/mol.